The zero-order chi connectivity index (χ0) is 23.0. The lowest BCUT2D eigenvalue weighted by Gasteiger charge is -2.22. The molecule has 0 spiro atoms. The van der Waals surface area contributed by atoms with Crippen molar-refractivity contribution in [2.75, 3.05) is 5.32 Å². The van der Waals surface area contributed by atoms with Crippen molar-refractivity contribution in [1.29, 1.82) is 0 Å². The number of amides is 1. The molecule has 1 amide bonds. The van der Waals surface area contributed by atoms with E-state index in [1.165, 1.54) is 0 Å². The van der Waals surface area contributed by atoms with Gasteiger partial charge in [-0.3, -0.25) is 4.79 Å². The van der Waals surface area contributed by atoms with Gasteiger partial charge >= 0.3 is 0 Å². The van der Waals surface area contributed by atoms with E-state index >= 15 is 0 Å². The van der Waals surface area contributed by atoms with Crippen molar-refractivity contribution in [3.05, 3.63) is 113 Å². The standard InChI is InChI=1S/C27H26BrN3O2/c1-2-6-25(31-16-15-29-19-31)24-14-11-21(27(32)30-23-7-4-3-5-8-23)17-26(24)33-18-20-9-12-22(28)13-10-20/h3-5,7-17,19,25H,2,6,18H2,1H3,(H,30,32). The van der Waals surface area contributed by atoms with E-state index in [-0.39, 0.29) is 11.9 Å². The number of carbonyl (C=O) groups excluding carboxylic acids is 1. The number of aromatic nitrogens is 2. The molecule has 1 N–H and O–H groups in total. The van der Waals surface area contributed by atoms with Crippen molar-refractivity contribution in [2.45, 2.75) is 32.4 Å². The highest BCUT2D eigenvalue weighted by Gasteiger charge is 2.20. The van der Waals surface area contributed by atoms with Gasteiger partial charge in [0, 0.05) is 33.7 Å². The average molecular weight is 504 g/mol. The third kappa shape index (κ3) is 5.90. The van der Waals surface area contributed by atoms with Gasteiger partial charge in [-0.25, -0.2) is 4.98 Å². The predicted octanol–water partition coefficient (Wildman–Crippen LogP) is 6.87. The Balaban J connectivity index is 1.65. The molecule has 1 aromatic heterocycles. The molecule has 0 bridgehead atoms. The van der Waals surface area contributed by atoms with E-state index in [2.05, 4.69) is 37.7 Å². The molecule has 0 saturated carbocycles. The summed E-state index contributed by atoms with van der Waals surface area (Å²) in [6.07, 6.45) is 7.52. The first-order valence-corrected chi connectivity index (χ1v) is 11.8. The van der Waals surface area contributed by atoms with Gasteiger partial charge in [-0.15, -0.1) is 0 Å². The van der Waals surface area contributed by atoms with Gasteiger partial charge in [0.25, 0.3) is 5.91 Å². The Kier molecular flexibility index (Phi) is 7.58. The number of rotatable bonds is 9. The molecule has 1 heterocycles. The van der Waals surface area contributed by atoms with Crippen molar-refractivity contribution < 1.29 is 9.53 Å². The molecule has 6 heteroatoms. The summed E-state index contributed by atoms with van der Waals surface area (Å²) < 4.78 is 9.42. The molecule has 3 aromatic carbocycles. The second-order valence-corrected chi connectivity index (χ2v) is 8.72. The SMILES string of the molecule is CCCC(c1ccc(C(=O)Nc2ccccc2)cc1OCc1ccc(Br)cc1)n1ccnc1. The fourth-order valence-corrected chi connectivity index (χ4v) is 4.00. The number of anilines is 1. The maximum atomic E-state index is 12.9. The predicted molar refractivity (Wildman–Crippen MR) is 135 cm³/mol. The van der Waals surface area contributed by atoms with Crippen LogP contribution in [0.5, 0.6) is 5.75 Å². The van der Waals surface area contributed by atoms with Crippen molar-refractivity contribution in [3.8, 4) is 5.75 Å². The molecule has 0 fully saturated rings. The van der Waals surface area contributed by atoms with Gasteiger partial charge in [0.2, 0.25) is 0 Å². The van der Waals surface area contributed by atoms with Crippen molar-refractivity contribution in [1.82, 2.24) is 9.55 Å². The summed E-state index contributed by atoms with van der Waals surface area (Å²) in [5, 5.41) is 2.95. The average Bonchev–Trinajstić information content (AvgIpc) is 3.37. The Bertz CT molecular complexity index is 1180. The van der Waals surface area contributed by atoms with Gasteiger partial charge in [-0.05, 0) is 48.4 Å². The zero-order valence-corrected chi connectivity index (χ0v) is 20.0. The molecule has 1 atom stereocenters. The molecule has 33 heavy (non-hydrogen) atoms. The van der Waals surface area contributed by atoms with Crippen LogP contribution >= 0.6 is 15.9 Å². The highest BCUT2D eigenvalue weighted by molar-refractivity contribution is 9.10. The Hall–Kier alpha value is -3.38. The number of nitrogens with zero attached hydrogens (tertiary/aromatic N) is 2. The zero-order valence-electron chi connectivity index (χ0n) is 18.4. The van der Waals surface area contributed by atoms with E-state index in [1.54, 1.807) is 6.20 Å². The third-order valence-electron chi connectivity index (χ3n) is 5.42. The van der Waals surface area contributed by atoms with Gasteiger partial charge in [-0.1, -0.05) is 65.7 Å². The fraction of sp³-hybridized carbons (Fsp3) is 0.185. The molecule has 0 aliphatic carbocycles. The Morgan fingerprint density at radius 1 is 1.09 bits per heavy atom. The van der Waals surface area contributed by atoms with Crippen molar-refractivity contribution >= 4 is 27.5 Å². The van der Waals surface area contributed by atoms with E-state index in [1.807, 2.05) is 85.3 Å². The summed E-state index contributed by atoms with van der Waals surface area (Å²) in [6, 6.07) is 23.3. The van der Waals surface area contributed by atoms with Crippen LogP contribution in [0.3, 0.4) is 0 Å². The van der Waals surface area contributed by atoms with E-state index in [0.717, 1.165) is 34.1 Å². The summed E-state index contributed by atoms with van der Waals surface area (Å²) >= 11 is 3.47. The molecule has 0 aliphatic rings. The Labute approximate surface area is 202 Å². The first-order chi connectivity index (χ1) is 16.1. The van der Waals surface area contributed by atoms with E-state index < -0.39 is 0 Å². The van der Waals surface area contributed by atoms with E-state index in [4.69, 9.17) is 4.74 Å². The number of hydrogen-bond acceptors (Lipinski definition) is 3. The summed E-state index contributed by atoms with van der Waals surface area (Å²) in [7, 11) is 0. The maximum absolute atomic E-state index is 12.9. The fourth-order valence-electron chi connectivity index (χ4n) is 3.73. The number of nitrogens with one attached hydrogen (secondary N) is 1. The minimum absolute atomic E-state index is 0.0728. The second-order valence-electron chi connectivity index (χ2n) is 7.80. The number of carbonyl (C=O) groups is 1. The first-order valence-electron chi connectivity index (χ1n) is 11.0. The van der Waals surface area contributed by atoms with Crippen LogP contribution in [0.2, 0.25) is 0 Å². The van der Waals surface area contributed by atoms with E-state index in [9.17, 15) is 4.79 Å². The van der Waals surface area contributed by atoms with Crippen LogP contribution in [-0.2, 0) is 6.61 Å². The number of ether oxygens (including phenoxy) is 1. The maximum Gasteiger partial charge on any atom is 0.255 e. The number of hydrogen-bond donors (Lipinski definition) is 1. The molecule has 0 aliphatic heterocycles. The first kappa shape index (κ1) is 22.8. The molecule has 168 valence electrons. The molecule has 0 saturated heterocycles. The monoisotopic (exact) mass is 503 g/mol. The Morgan fingerprint density at radius 3 is 2.58 bits per heavy atom. The highest BCUT2D eigenvalue weighted by atomic mass is 79.9. The summed E-state index contributed by atoms with van der Waals surface area (Å²) in [6.45, 7) is 2.57. The lowest BCUT2D eigenvalue weighted by atomic mass is 9.99. The minimum Gasteiger partial charge on any atom is -0.489 e. The third-order valence-corrected chi connectivity index (χ3v) is 5.95. The van der Waals surface area contributed by atoms with Gasteiger partial charge in [0.1, 0.15) is 12.4 Å². The lowest BCUT2D eigenvalue weighted by Crippen LogP contribution is -2.15. The number of imidazole rings is 1. The number of para-hydroxylation sites is 1. The van der Waals surface area contributed by atoms with Crippen LogP contribution in [0.15, 0.2) is 96.0 Å². The minimum atomic E-state index is -0.170. The van der Waals surface area contributed by atoms with E-state index in [0.29, 0.717) is 17.9 Å². The van der Waals surface area contributed by atoms with Crippen LogP contribution in [0.25, 0.3) is 0 Å². The summed E-state index contributed by atoms with van der Waals surface area (Å²) in [5.41, 5.74) is 3.39. The molecule has 4 aromatic rings. The molecule has 5 nitrogen and oxygen atoms in total. The smallest absolute Gasteiger partial charge is 0.255 e. The van der Waals surface area contributed by atoms with Crippen LogP contribution in [0.4, 0.5) is 5.69 Å². The quantitative estimate of drug-likeness (QED) is 0.271. The van der Waals surface area contributed by atoms with Gasteiger partial charge in [-0.2, -0.15) is 0 Å². The largest absolute Gasteiger partial charge is 0.489 e. The van der Waals surface area contributed by atoms with Crippen molar-refractivity contribution in [2.24, 2.45) is 0 Å². The molecule has 4 rings (SSSR count). The molecule has 0 radical (unpaired) electrons. The summed E-state index contributed by atoms with van der Waals surface area (Å²) in [4.78, 5) is 17.2. The Morgan fingerprint density at radius 2 is 1.88 bits per heavy atom. The molecular formula is C27H26BrN3O2. The van der Waals surface area contributed by atoms with Crippen LogP contribution in [0, 0.1) is 0 Å². The van der Waals surface area contributed by atoms with Crippen LogP contribution < -0.4 is 10.1 Å². The lowest BCUT2D eigenvalue weighted by molar-refractivity contribution is 0.102. The van der Waals surface area contributed by atoms with Gasteiger partial charge < -0.3 is 14.6 Å². The normalized spacial score (nSPS) is 11.7. The van der Waals surface area contributed by atoms with Crippen LogP contribution in [0.1, 0.15) is 47.3 Å². The molecular weight excluding hydrogens is 478 g/mol. The van der Waals surface area contributed by atoms with Gasteiger partial charge in [0.05, 0.1) is 12.4 Å². The van der Waals surface area contributed by atoms with Crippen LogP contribution in [-0.4, -0.2) is 15.5 Å². The summed E-state index contributed by atoms with van der Waals surface area (Å²) in [5.74, 6) is 0.529. The second kappa shape index (κ2) is 11.0. The number of benzene rings is 3. The molecule has 1 unspecified atom stereocenters. The number of halogens is 1. The van der Waals surface area contributed by atoms with Crippen molar-refractivity contribution in [3.63, 3.8) is 0 Å². The highest BCUT2D eigenvalue weighted by Crippen LogP contribution is 2.33. The topological polar surface area (TPSA) is 56.1 Å². The van der Waals surface area contributed by atoms with Gasteiger partial charge in [0.15, 0.2) is 0 Å².